The Balaban J connectivity index is 3.48. The molecule has 11 heavy (non-hydrogen) atoms. The zero-order chi connectivity index (χ0) is 8.91. The molecule has 2 nitrogen and oxygen atoms in total. The quantitative estimate of drug-likeness (QED) is 0.619. The highest BCUT2D eigenvalue weighted by Gasteiger charge is 2.15. The van der Waals surface area contributed by atoms with Crippen LogP contribution in [-0.2, 0) is 4.74 Å². The monoisotopic (exact) mass is 156 g/mol. The fourth-order valence-corrected chi connectivity index (χ4v) is 0.566. The molecule has 0 spiro atoms. The van der Waals surface area contributed by atoms with Crippen molar-refractivity contribution in [3.63, 3.8) is 0 Å². The largest absolute Gasteiger partial charge is 0.379 e. The van der Waals surface area contributed by atoms with Gasteiger partial charge in [-0.05, 0) is 20.8 Å². The molecule has 2 heteroatoms. The Hall–Kier alpha value is -0.520. The molecule has 0 amide bonds. The van der Waals surface area contributed by atoms with Crippen LogP contribution >= 0.6 is 0 Å². The number of hydrogen-bond acceptors (Lipinski definition) is 2. The van der Waals surface area contributed by atoms with Gasteiger partial charge in [0.2, 0.25) is 0 Å². The first-order valence-electron chi connectivity index (χ1n) is 3.79. The minimum Gasteiger partial charge on any atom is -0.379 e. The standard InChI is InChI=1S/C9H16O2/c1-5-9(4,10)6-7-11-8(2)3/h1,8,10H,6-7H2,2-4H3. The maximum atomic E-state index is 9.32. The molecule has 0 aromatic carbocycles. The van der Waals surface area contributed by atoms with Crippen molar-refractivity contribution in [2.24, 2.45) is 0 Å². The topological polar surface area (TPSA) is 29.5 Å². The molecule has 0 bridgehead atoms. The van der Waals surface area contributed by atoms with E-state index in [0.717, 1.165) is 0 Å². The molecule has 1 unspecified atom stereocenters. The Kier molecular flexibility index (Phi) is 4.17. The molecular weight excluding hydrogens is 140 g/mol. The summed E-state index contributed by atoms with van der Waals surface area (Å²) in [5.41, 5.74) is -1.02. The van der Waals surface area contributed by atoms with E-state index in [0.29, 0.717) is 13.0 Å². The van der Waals surface area contributed by atoms with Crippen molar-refractivity contribution in [2.45, 2.75) is 38.9 Å². The summed E-state index contributed by atoms with van der Waals surface area (Å²) in [4.78, 5) is 0. The van der Waals surface area contributed by atoms with Crippen LogP contribution in [-0.4, -0.2) is 23.4 Å². The minimum absolute atomic E-state index is 0.198. The molecule has 0 radical (unpaired) electrons. The van der Waals surface area contributed by atoms with E-state index < -0.39 is 5.60 Å². The van der Waals surface area contributed by atoms with Gasteiger partial charge < -0.3 is 9.84 Å². The van der Waals surface area contributed by atoms with E-state index in [1.807, 2.05) is 13.8 Å². The van der Waals surface area contributed by atoms with Crippen LogP contribution in [0.4, 0.5) is 0 Å². The Labute approximate surface area is 68.6 Å². The lowest BCUT2D eigenvalue weighted by atomic mass is 10.1. The number of aliphatic hydroxyl groups is 1. The van der Waals surface area contributed by atoms with E-state index in [9.17, 15) is 5.11 Å². The van der Waals surface area contributed by atoms with Gasteiger partial charge in [0.15, 0.2) is 0 Å². The van der Waals surface area contributed by atoms with Crippen LogP contribution in [0.3, 0.4) is 0 Å². The summed E-state index contributed by atoms with van der Waals surface area (Å²) in [7, 11) is 0. The van der Waals surface area contributed by atoms with Crippen molar-refractivity contribution in [3.05, 3.63) is 0 Å². The van der Waals surface area contributed by atoms with Crippen LogP contribution in [0.15, 0.2) is 0 Å². The van der Waals surface area contributed by atoms with Crippen molar-refractivity contribution in [1.82, 2.24) is 0 Å². The second kappa shape index (κ2) is 4.38. The lowest BCUT2D eigenvalue weighted by molar-refractivity contribution is 0.0288. The Morgan fingerprint density at radius 1 is 1.64 bits per heavy atom. The number of hydrogen-bond donors (Lipinski definition) is 1. The van der Waals surface area contributed by atoms with E-state index in [4.69, 9.17) is 11.2 Å². The lowest BCUT2D eigenvalue weighted by Gasteiger charge is -2.16. The molecule has 0 saturated carbocycles. The zero-order valence-corrected chi connectivity index (χ0v) is 7.42. The molecule has 0 aliphatic carbocycles. The maximum absolute atomic E-state index is 9.32. The summed E-state index contributed by atoms with van der Waals surface area (Å²) in [5, 5.41) is 9.32. The Bertz CT molecular complexity index is 142. The van der Waals surface area contributed by atoms with Crippen molar-refractivity contribution >= 4 is 0 Å². The third kappa shape index (κ3) is 5.90. The highest BCUT2D eigenvalue weighted by atomic mass is 16.5. The number of ether oxygens (including phenoxy) is 1. The molecule has 0 aromatic rings. The Morgan fingerprint density at radius 3 is 2.55 bits per heavy atom. The number of terminal acetylenes is 1. The summed E-state index contributed by atoms with van der Waals surface area (Å²) < 4.78 is 5.22. The van der Waals surface area contributed by atoms with Gasteiger partial charge in [0.25, 0.3) is 0 Å². The third-order valence-electron chi connectivity index (χ3n) is 1.35. The highest BCUT2D eigenvalue weighted by Crippen LogP contribution is 2.07. The molecule has 0 aliphatic heterocycles. The molecular formula is C9H16O2. The molecule has 1 N–H and O–H groups in total. The van der Waals surface area contributed by atoms with E-state index >= 15 is 0 Å². The van der Waals surface area contributed by atoms with Gasteiger partial charge in [-0.3, -0.25) is 0 Å². The summed E-state index contributed by atoms with van der Waals surface area (Å²) >= 11 is 0. The maximum Gasteiger partial charge on any atom is 0.124 e. The van der Waals surface area contributed by atoms with E-state index in [1.54, 1.807) is 6.92 Å². The summed E-state index contributed by atoms with van der Waals surface area (Å²) in [6.07, 6.45) is 5.75. The van der Waals surface area contributed by atoms with Crippen LogP contribution in [0.5, 0.6) is 0 Å². The fourth-order valence-electron chi connectivity index (χ4n) is 0.566. The van der Waals surface area contributed by atoms with Gasteiger partial charge in [-0.1, -0.05) is 5.92 Å². The van der Waals surface area contributed by atoms with E-state index in [-0.39, 0.29) is 6.10 Å². The molecule has 64 valence electrons. The normalized spacial score (nSPS) is 16.0. The predicted molar refractivity (Wildman–Crippen MR) is 45.2 cm³/mol. The van der Waals surface area contributed by atoms with Gasteiger partial charge in [0.1, 0.15) is 5.60 Å². The van der Waals surface area contributed by atoms with Crippen molar-refractivity contribution in [3.8, 4) is 12.3 Å². The van der Waals surface area contributed by atoms with Crippen molar-refractivity contribution in [1.29, 1.82) is 0 Å². The van der Waals surface area contributed by atoms with Gasteiger partial charge in [0.05, 0.1) is 12.7 Å². The van der Waals surface area contributed by atoms with Gasteiger partial charge in [-0.2, -0.15) is 0 Å². The van der Waals surface area contributed by atoms with Gasteiger partial charge >= 0.3 is 0 Å². The SMILES string of the molecule is C#CC(C)(O)CCOC(C)C. The smallest absolute Gasteiger partial charge is 0.124 e. The predicted octanol–water partition coefficient (Wildman–Crippen LogP) is 1.19. The van der Waals surface area contributed by atoms with Crippen LogP contribution in [0.1, 0.15) is 27.2 Å². The first-order chi connectivity index (χ1) is 4.98. The second-order valence-electron chi connectivity index (χ2n) is 3.09. The molecule has 0 heterocycles. The van der Waals surface area contributed by atoms with E-state index in [1.165, 1.54) is 0 Å². The molecule has 0 aromatic heterocycles. The molecule has 0 saturated heterocycles. The molecule has 0 aliphatic rings. The summed E-state index contributed by atoms with van der Waals surface area (Å²) in [5.74, 6) is 2.29. The van der Waals surface area contributed by atoms with Gasteiger partial charge in [0, 0.05) is 6.42 Å². The lowest BCUT2D eigenvalue weighted by Crippen LogP contribution is -2.24. The van der Waals surface area contributed by atoms with Crippen molar-refractivity contribution < 1.29 is 9.84 Å². The van der Waals surface area contributed by atoms with Gasteiger partial charge in [-0.25, -0.2) is 0 Å². The Morgan fingerprint density at radius 2 is 2.18 bits per heavy atom. The second-order valence-corrected chi connectivity index (χ2v) is 3.09. The first-order valence-corrected chi connectivity index (χ1v) is 3.79. The first kappa shape index (κ1) is 10.5. The van der Waals surface area contributed by atoms with Crippen molar-refractivity contribution in [2.75, 3.05) is 6.61 Å². The molecule has 1 atom stereocenters. The zero-order valence-electron chi connectivity index (χ0n) is 7.42. The van der Waals surface area contributed by atoms with Crippen LogP contribution < -0.4 is 0 Å². The summed E-state index contributed by atoms with van der Waals surface area (Å²) in [6, 6.07) is 0. The van der Waals surface area contributed by atoms with Gasteiger partial charge in [-0.15, -0.1) is 6.42 Å². The van der Waals surface area contributed by atoms with Crippen LogP contribution in [0, 0.1) is 12.3 Å². The van der Waals surface area contributed by atoms with Crippen LogP contribution in [0.25, 0.3) is 0 Å². The van der Waals surface area contributed by atoms with Crippen LogP contribution in [0.2, 0.25) is 0 Å². The number of rotatable bonds is 4. The molecule has 0 rings (SSSR count). The van der Waals surface area contributed by atoms with E-state index in [2.05, 4.69) is 5.92 Å². The molecule has 0 fully saturated rings. The third-order valence-corrected chi connectivity index (χ3v) is 1.35. The average molecular weight is 156 g/mol. The minimum atomic E-state index is -1.02. The summed E-state index contributed by atoms with van der Waals surface area (Å²) in [6.45, 7) is 6.01. The highest BCUT2D eigenvalue weighted by molar-refractivity contribution is 5.03. The average Bonchev–Trinajstić information content (AvgIpc) is 1.87. The fraction of sp³-hybridized carbons (Fsp3) is 0.778.